The first kappa shape index (κ1) is 7.60. The van der Waals surface area contributed by atoms with Crippen LogP contribution in [0.4, 0.5) is 4.39 Å². The monoisotopic (exact) mass is 151 g/mol. The van der Waals surface area contributed by atoms with E-state index in [4.69, 9.17) is 0 Å². The molecular formula is C8H6FNO. The van der Waals surface area contributed by atoms with E-state index >= 15 is 0 Å². The minimum atomic E-state index is -0.745. The zero-order valence-electron chi connectivity index (χ0n) is 5.75. The zero-order chi connectivity index (χ0) is 8.27. The fraction of sp³-hybridized carbons (Fsp3) is 0. The van der Waals surface area contributed by atoms with Crippen LogP contribution in [0.15, 0.2) is 18.8 Å². The molecule has 1 heterocycles. The van der Waals surface area contributed by atoms with Crippen molar-refractivity contribution >= 4 is 12.4 Å². The number of nitrogens with zero attached hydrogens (tertiary/aromatic N) is 1. The molecule has 0 saturated heterocycles. The zero-order valence-corrected chi connectivity index (χ0v) is 5.75. The molecule has 1 aromatic heterocycles. The van der Waals surface area contributed by atoms with Crippen molar-refractivity contribution in [3.05, 3.63) is 35.9 Å². The molecule has 0 spiro atoms. The molecule has 0 unspecified atom stereocenters. The van der Waals surface area contributed by atoms with Gasteiger partial charge >= 0.3 is 0 Å². The quantitative estimate of drug-likeness (QED) is 0.475. The molecule has 0 aliphatic rings. The van der Waals surface area contributed by atoms with Gasteiger partial charge in [0.05, 0.1) is 5.56 Å². The van der Waals surface area contributed by atoms with E-state index in [2.05, 4.69) is 11.6 Å². The van der Waals surface area contributed by atoms with Gasteiger partial charge in [-0.25, -0.2) is 4.98 Å². The average Bonchev–Trinajstić information content (AvgIpc) is 2.05. The molecule has 0 fully saturated rings. The molecular weight excluding hydrogens is 145 g/mol. The average molecular weight is 151 g/mol. The van der Waals surface area contributed by atoms with Crippen molar-refractivity contribution in [3.63, 3.8) is 0 Å². The fourth-order valence-corrected chi connectivity index (χ4v) is 0.676. The Bertz CT molecular complexity index is 296. The summed E-state index contributed by atoms with van der Waals surface area (Å²) in [5.74, 6) is -0.745. The summed E-state index contributed by atoms with van der Waals surface area (Å²) in [7, 11) is 0. The molecule has 56 valence electrons. The second kappa shape index (κ2) is 3.05. The lowest BCUT2D eigenvalue weighted by Crippen LogP contribution is -1.92. The lowest BCUT2D eigenvalue weighted by atomic mass is 10.2. The van der Waals surface area contributed by atoms with Gasteiger partial charge in [0.25, 0.3) is 0 Å². The summed E-state index contributed by atoms with van der Waals surface area (Å²) in [4.78, 5) is 13.5. The number of rotatable bonds is 2. The summed E-state index contributed by atoms with van der Waals surface area (Å²) in [5, 5.41) is 0. The van der Waals surface area contributed by atoms with Crippen LogP contribution in [-0.4, -0.2) is 11.3 Å². The third-order valence-electron chi connectivity index (χ3n) is 1.25. The van der Waals surface area contributed by atoms with Crippen LogP contribution in [0.2, 0.25) is 0 Å². The van der Waals surface area contributed by atoms with Gasteiger partial charge in [0.1, 0.15) is 0 Å². The van der Waals surface area contributed by atoms with Crippen LogP contribution in [0.5, 0.6) is 0 Å². The highest BCUT2D eigenvalue weighted by molar-refractivity contribution is 5.75. The Labute approximate surface area is 63.4 Å². The lowest BCUT2D eigenvalue weighted by Gasteiger charge is -1.94. The normalized spacial score (nSPS) is 9.18. The number of aromatic nitrogens is 1. The van der Waals surface area contributed by atoms with Gasteiger partial charge in [0.2, 0.25) is 5.95 Å². The van der Waals surface area contributed by atoms with E-state index in [1.165, 1.54) is 18.3 Å². The number of hydrogen-bond donors (Lipinski definition) is 0. The van der Waals surface area contributed by atoms with Crippen LogP contribution in [-0.2, 0) is 0 Å². The summed E-state index contributed by atoms with van der Waals surface area (Å²) in [6.07, 6.45) is 3.24. The Hall–Kier alpha value is -1.51. The Morgan fingerprint density at radius 3 is 2.91 bits per heavy atom. The topological polar surface area (TPSA) is 30.0 Å². The first-order chi connectivity index (χ1) is 5.27. The summed E-state index contributed by atoms with van der Waals surface area (Å²) in [6, 6.07) is 1.39. The van der Waals surface area contributed by atoms with Crippen LogP contribution in [0.1, 0.15) is 15.9 Å². The largest absolute Gasteiger partial charge is 0.298 e. The van der Waals surface area contributed by atoms with Gasteiger partial charge in [0.15, 0.2) is 6.29 Å². The Balaban J connectivity index is 3.22. The molecule has 3 heteroatoms. The van der Waals surface area contributed by atoms with Crippen molar-refractivity contribution in [3.8, 4) is 0 Å². The summed E-state index contributed by atoms with van der Waals surface area (Å²) in [5.41, 5.74) is 0.593. The van der Waals surface area contributed by atoms with Gasteiger partial charge in [0, 0.05) is 6.20 Å². The SMILES string of the molecule is C=Cc1cnc(F)c(C=O)c1. The number of pyridine rings is 1. The maximum absolute atomic E-state index is 12.5. The smallest absolute Gasteiger partial charge is 0.223 e. The van der Waals surface area contributed by atoms with E-state index in [1.807, 2.05) is 0 Å². The van der Waals surface area contributed by atoms with E-state index in [0.717, 1.165) is 0 Å². The van der Waals surface area contributed by atoms with Crippen LogP contribution in [0, 0.1) is 5.95 Å². The predicted molar refractivity (Wildman–Crippen MR) is 39.7 cm³/mol. The van der Waals surface area contributed by atoms with E-state index in [-0.39, 0.29) is 5.56 Å². The predicted octanol–water partition coefficient (Wildman–Crippen LogP) is 1.68. The molecule has 0 saturated carbocycles. The van der Waals surface area contributed by atoms with Gasteiger partial charge in [-0.1, -0.05) is 12.7 Å². The summed E-state index contributed by atoms with van der Waals surface area (Å²) < 4.78 is 12.5. The molecule has 1 rings (SSSR count). The molecule has 0 bridgehead atoms. The van der Waals surface area contributed by atoms with Crippen molar-refractivity contribution in [1.29, 1.82) is 0 Å². The Kier molecular flexibility index (Phi) is 2.11. The molecule has 0 radical (unpaired) electrons. The lowest BCUT2D eigenvalue weighted by molar-refractivity contribution is 0.111. The number of carbonyl (C=O) groups is 1. The summed E-state index contributed by atoms with van der Waals surface area (Å²) >= 11 is 0. The second-order valence-corrected chi connectivity index (χ2v) is 1.97. The number of halogens is 1. The molecule has 1 aromatic rings. The Morgan fingerprint density at radius 1 is 1.64 bits per heavy atom. The maximum atomic E-state index is 12.5. The standard InChI is InChI=1S/C8H6FNO/c1-2-6-3-7(5-11)8(9)10-4-6/h2-5H,1H2. The van der Waals surface area contributed by atoms with Crippen molar-refractivity contribution in [2.75, 3.05) is 0 Å². The van der Waals surface area contributed by atoms with Crippen molar-refractivity contribution < 1.29 is 9.18 Å². The number of aldehydes is 1. The van der Waals surface area contributed by atoms with Crippen LogP contribution < -0.4 is 0 Å². The van der Waals surface area contributed by atoms with Crippen LogP contribution >= 0.6 is 0 Å². The van der Waals surface area contributed by atoms with E-state index < -0.39 is 5.95 Å². The van der Waals surface area contributed by atoms with Gasteiger partial charge in [-0.05, 0) is 11.6 Å². The minimum absolute atomic E-state index is 0.0394. The van der Waals surface area contributed by atoms with Crippen LogP contribution in [0.3, 0.4) is 0 Å². The molecule has 0 N–H and O–H groups in total. The molecule has 11 heavy (non-hydrogen) atoms. The van der Waals surface area contributed by atoms with Crippen LogP contribution in [0.25, 0.3) is 6.08 Å². The molecule has 0 amide bonds. The van der Waals surface area contributed by atoms with Gasteiger partial charge in [-0.3, -0.25) is 4.79 Å². The van der Waals surface area contributed by atoms with Crippen molar-refractivity contribution in [2.45, 2.75) is 0 Å². The van der Waals surface area contributed by atoms with Gasteiger partial charge in [-0.15, -0.1) is 0 Å². The summed E-state index contributed by atoms with van der Waals surface area (Å²) in [6.45, 7) is 3.46. The minimum Gasteiger partial charge on any atom is -0.298 e. The van der Waals surface area contributed by atoms with E-state index in [1.54, 1.807) is 0 Å². The molecule has 0 aromatic carbocycles. The van der Waals surface area contributed by atoms with Gasteiger partial charge < -0.3 is 0 Å². The first-order valence-electron chi connectivity index (χ1n) is 3.01. The van der Waals surface area contributed by atoms with Gasteiger partial charge in [-0.2, -0.15) is 4.39 Å². The molecule has 2 nitrogen and oxygen atoms in total. The van der Waals surface area contributed by atoms with Crippen molar-refractivity contribution in [1.82, 2.24) is 4.98 Å². The third-order valence-corrected chi connectivity index (χ3v) is 1.25. The highest BCUT2D eigenvalue weighted by Gasteiger charge is 2.00. The van der Waals surface area contributed by atoms with Crippen molar-refractivity contribution in [2.24, 2.45) is 0 Å². The second-order valence-electron chi connectivity index (χ2n) is 1.97. The fourth-order valence-electron chi connectivity index (χ4n) is 0.676. The number of hydrogen-bond acceptors (Lipinski definition) is 2. The molecule has 0 aliphatic heterocycles. The molecule has 0 aliphatic carbocycles. The highest BCUT2D eigenvalue weighted by atomic mass is 19.1. The third kappa shape index (κ3) is 1.49. The molecule has 0 atom stereocenters. The highest BCUT2D eigenvalue weighted by Crippen LogP contribution is 2.05. The maximum Gasteiger partial charge on any atom is 0.223 e. The van der Waals surface area contributed by atoms with E-state index in [0.29, 0.717) is 11.8 Å². The first-order valence-corrected chi connectivity index (χ1v) is 3.01. The Morgan fingerprint density at radius 2 is 2.36 bits per heavy atom. The number of carbonyl (C=O) groups excluding carboxylic acids is 1. The van der Waals surface area contributed by atoms with E-state index in [9.17, 15) is 9.18 Å².